The fourth-order valence-corrected chi connectivity index (χ4v) is 1.80. The van der Waals surface area contributed by atoms with Gasteiger partial charge in [-0.05, 0) is 39.3 Å². The molecule has 3 heteroatoms. The van der Waals surface area contributed by atoms with Gasteiger partial charge in [0.15, 0.2) is 0 Å². The Kier molecular flexibility index (Phi) is 4.66. The van der Waals surface area contributed by atoms with E-state index >= 15 is 0 Å². The molecular formula is C11H20N2O. The molecule has 1 fully saturated rings. The highest BCUT2D eigenvalue weighted by Gasteiger charge is 2.18. The van der Waals surface area contributed by atoms with E-state index in [1.165, 1.54) is 12.8 Å². The third kappa shape index (κ3) is 3.14. The van der Waals surface area contributed by atoms with Gasteiger partial charge in [-0.25, -0.2) is 0 Å². The topological polar surface area (TPSA) is 32.3 Å². The van der Waals surface area contributed by atoms with Crippen molar-refractivity contribution in [1.29, 1.82) is 0 Å². The zero-order valence-electron chi connectivity index (χ0n) is 9.12. The van der Waals surface area contributed by atoms with Crippen LogP contribution in [0.15, 0.2) is 12.2 Å². The summed E-state index contributed by atoms with van der Waals surface area (Å²) in [4.78, 5) is 13.5. The number of nitrogens with one attached hydrogen (secondary N) is 1. The number of hydrogen-bond donors (Lipinski definition) is 1. The molecular weight excluding hydrogens is 176 g/mol. The van der Waals surface area contributed by atoms with E-state index in [0.29, 0.717) is 6.04 Å². The van der Waals surface area contributed by atoms with Crippen molar-refractivity contribution in [2.24, 2.45) is 0 Å². The van der Waals surface area contributed by atoms with Crippen molar-refractivity contribution in [3.63, 3.8) is 0 Å². The van der Waals surface area contributed by atoms with Gasteiger partial charge in [-0.15, -0.1) is 0 Å². The van der Waals surface area contributed by atoms with E-state index in [2.05, 4.69) is 5.32 Å². The molecule has 0 radical (unpaired) electrons. The summed E-state index contributed by atoms with van der Waals surface area (Å²) in [6.45, 7) is 6.64. The lowest BCUT2D eigenvalue weighted by Gasteiger charge is -2.23. The largest absolute Gasteiger partial charge is 0.338 e. The van der Waals surface area contributed by atoms with Gasteiger partial charge in [-0.1, -0.05) is 6.08 Å². The van der Waals surface area contributed by atoms with Crippen molar-refractivity contribution in [2.75, 3.05) is 19.6 Å². The van der Waals surface area contributed by atoms with Crippen LogP contribution in [0.4, 0.5) is 0 Å². The zero-order chi connectivity index (χ0) is 10.4. The predicted molar refractivity (Wildman–Crippen MR) is 58.1 cm³/mol. The number of rotatable bonds is 4. The number of carbonyl (C=O) groups is 1. The van der Waals surface area contributed by atoms with E-state index < -0.39 is 0 Å². The Bertz CT molecular complexity index is 207. The smallest absolute Gasteiger partial charge is 0.246 e. The lowest BCUT2D eigenvalue weighted by atomic mass is 10.2. The van der Waals surface area contributed by atoms with Crippen LogP contribution in [0.3, 0.4) is 0 Å². The molecule has 3 nitrogen and oxygen atoms in total. The van der Waals surface area contributed by atoms with E-state index in [1.54, 1.807) is 12.2 Å². The second-order valence-corrected chi connectivity index (χ2v) is 3.67. The summed E-state index contributed by atoms with van der Waals surface area (Å²) >= 11 is 0. The fourth-order valence-electron chi connectivity index (χ4n) is 1.80. The van der Waals surface area contributed by atoms with Crippen LogP contribution < -0.4 is 5.32 Å². The minimum atomic E-state index is 0.128. The molecule has 1 aliphatic rings. The molecule has 0 aromatic carbocycles. The summed E-state index contributed by atoms with van der Waals surface area (Å²) in [6, 6.07) is 0.504. The summed E-state index contributed by atoms with van der Waals surface area (Å²) in [7, 11) is 0. The molecule has 1 aliphatic heterocycles. The number of nitrogens with zero attached hydrogens (tertiary/aromatic N) is 1. The third-order valence-corrected chi connectivity index (χ3v) is 2.61. The summed E-state index contributed by atoms with van der Waals surface area (Å²) in [6.07, 6.45) is 5.87. The highest BCUT2D eigenvalue weighted by molar-refractivity contribution is 5.87. The van der Waals surface area contributed by atoms with Gasteiger partial charge in [-0.3, -0.25) is 4.79 Å². The number of carbonyl (C=O) groups excluding carboxylic acids is 1. The van der Waals surface area contributed by atoms with Crippen molar-refractivity contribution in [3.8, 4) is 0 Å². The molecule has 80 valence electrons. The first-order chi connectivity index (χ1) is 6.77. The lowest BCUT2D eigenvalue weighted by molar-refractivity contribution is -0.126. The summed E-state index contributed by atoms with van der Waals surface area (Å²) in [5.74, 6) is 0.128. The molecule has 14 heavy (non-hydrogen) atoms. The number of likely N-dealkylation sites (N-methyl/N-ethyl adjacent to an activating group) is 1. The molecule has 1 saturated heterocycles. The van der Waals surface area contributed by atoms with Crippen molar-refractivity contribution in [2.45, 2.75) is 32.7 Å². The first-order valence-electron chi connectivity index (χ1n) is 5.43. The van der Waals surface area contributed by atoms with Crippen molar-refractivity contribution in [3.05, 3.63) is 12.2 Å². The van der Waals surface area contributed by atoms with E-state index in [0.717, 1.165) is 19.6 Å². The van der Waals surface area contributed by atoms with Crippen LogP contribution in [0.2, 0.25) is 0 Å². The van der Waals surface area contributed by atoms with Crippen LogP contribution in [-0.4, -0.2) is 36.5 Å². The monoisotopic (exact) mass is 196 g/mol. The minimum absolute atomic E-state index is 0.128. The van der Waals surface area contributed by atoms with Crippen molar-refractivity contribution in [1.82, 2.24) is 10.2 Å². The molecule has 1 N–H and O–H groups in total. The molecule has 0 aromatic heterocycles. The summed E-state index contributed by atoms with van der Waals surface area (Å²) in [5, 5.41) is 3.40. The van der Waals surface area contributed by atoms with Gasteiger partial charge in [-0.2, -0.15) is 0 Å². The quantitative estimate of drug-likeness (QED) is 0.684. The lowest BCUT2D eigenvalue weighted by Crippen LogP contribution is -2.40. The Morgan fingerprint density at radius 1 is 1.64 bits per heavy atom. The SMILES string of the molecule is C/C=C/C(=O)N(CC)CC1CCCN1. The average Bonchev–Trinajstić information content (AvgIpc) is 2.66. The fraction of sp³-hybridized carbons (Fsp3) is 0.727. The molecule has 0 aliphatic carbocycles. The second-order valence-electron chi connectivity index (χ2n) is 3.67. The Balaban J connectivity index is 2.40. The minimum Gasteiger partial charge on any atom is -0.338 e. The first kappa shape index (κ1) is 11.2. The Morgan fingerprint density at radius 3 is 2.93 bits per heavy atom. The summed E-state index contributed by atoms with van der Waals surface area (Å²) in [5.41, 5.74) is 0. The highest BCUT2D eigenvalue weighted by atomic mass is 16.2. The molecule has 1 unspecified atom stereocenters. The van der Waals surface area contributed by atoms with Crippen LogP contribution in [0.5, 0.6) is 0 Å². The van der Waals surface area contributed by atoms with Crippen LogP contribution in [-0.2, 0) is 4.79 Å². The molecule has 0 aromatic rings. The maximum atomic E-state index is 11.6. The van der Waals surface area contributed by atoms with Gasteiger partial charge in [0.1, 0.15) is 0 Å². The van der Waals surface area contributed by atoms with Gasteiger partial charge in [0.05, 0.1) is 0 Å². The third-order valence-electron chi connectivity index (χ3n) is 2.61. The van der Waals surface area contributed by atoms with Gasteiger partial charge in [0, 0.05) is 19.1 Å². The normalized spacial score (nSPS) is 21.7. The molecule has 0 saturated carbocycles. The molecule has 1 atom stereocenters. The Morgan fingerprint density at radius 2 is 2.43 bits per heavy atom. The van der Waals surface area contributed by atoms with Crippen LogP contribution in [0.25, 0.3) is 0 Å². The van der Waals surface area contributed by atoms with Gasteiger partial charge in [0.25, 0.3) is 0 Å². The van der Waals surface area contributed by atoms with Gasteiger partial charge < -0.3 is 10.2 Å². The standard InChI is InChI=1S/C11H20N2O/c1-3-6-11(14)13(4-2)9-10-7-5-8-12-10/h3,6,10,12H,4-5,7-9H2,1-2H3/b6-3+. The predicted octanol–water partition coefficient (Wildman–Crippen LogP) is 1.16. The Labute approximate surface area is 86.2 Å². The van der Waals surface area contributed by atoms with Crippen molar-refractivity contribution >= 4 is 5.91 Å². The number of hydrogen-bond acceptors (Lipinski definition) is 2. The van der Waals surface area contributed by atoms with Crippen LogP contribution in [0, 0.1) is 0 Å². The number of allylic oxidation sites excluding steroid dienone is 1. The maximum absolute atomic E-state index is 11.6. The van der Waals surface area contributed by atoms with Gasteiger partial charge >= 0.3 is 0 Å². The zero-order valence-corrected chi connectivity index (χ0v) is 9.12. The van der Waals surface area contributed by atoms with Crippen LogP contribution in [0.1, 0.15) is 26.7 Å². The summed E-state index contributed by atoms with van der Waals surface area (Å²) < 4.78 is 0. The van der Waals surface area contributed by atoms with Crippen molar-refractivity contribution < 1.29 is 4.79 Å². The highest BCUT2D eigenvalue weighted by Crippen LogP contribution is 2.07. The Hall–Kier alpha value is -0.830. The molecule has 1 amide bonds. The molecule has 1 heterocycles. The van der Waals surface area contributed by atoms with Crippen LogP contribution >= 0.6 is 0 Å². The van der Waals surface area contributed by atoms with E-state index in [1.807, 2.05) is 18.7 Å². The second kappa shape index (κ2) is 5.81. The van der Waals surface area contributed by atoms with Gasteiger partial charge in [0.2, 0.25) is 5.91 Å². The average molecular weight is 196 g/mol. The molecule has 0 spiro atoms. The first-order valence-corrected chi connectivity index (χ1v) is 5.43. The van der Waals surface area contributed by atoms with E-state index in [-0.39, 0.29) is 5.91 Å². The number of amides is 1. The van der Waals surface area contributed by atoms with E-state index in [9.17, 15) is 4.79 Å². The maximum Gasteiger partial charge on any atom is 0.246 e. The molecule has 1 rings (SSSR count). The molecule has 0 bridgehead atoms. The van der Waals surface area contributed by atoms with E-state index in [4.69, 9.17) is 0 Å².